The third-order valence-corrected chi connectivity index (χ3v) is 3.65. The molecule has 2 aromatic rings. The van der Waals surface area contributed by atoms with Gasteiger partial charge >= 0.3 is 0 Å². The van der Waals surface area contributed by atoms with E-state index in [2.05, 4.69) is 36.4 Å². The highest BCUT2D eigenvalue weighted by Gasteiger charge is 2.28. The molecule has 0 aliphatic rings. The van der Waals surface area contributed by atoms with Crippen LogP contribution in [0.3, 0.4) is 0 Å². The van der Waals surface area contributed by atoms with Gasteiger partial charge in [-0.25, -0.2) is 0 Å². The van der Waals surface area contributed by atoms with Crippen LogP contribution in [-0.2, 0) is 0 Å². The Morgan fingerprint density at radius 2 is 1.15 bits per heavy atom. The maximum Gasteiger partial charge on any atom is 0.136 e. The molecular formula is C18H16N2. The Bertz CT molecular complexity index is 566. The van der Waals surface area contributed by atoms with Crippen molar-refractivity contribution in [1.82, 2.24) is 0 Å². The lowest BCUT2D eigenvalue weighted by Crippen LogP contribution is -2.18. The first-order chi connectivity index (χ1) is 9.77. The molecule has 0 radical (unpaired) electrons. The van der Waals surface area contributed by atoms with Crippen molar-refractivity contribution in [3.63, 3.8) is 0 Å². The monoisotopic (exact) mass is 260 g/mol. The number of nitriles is 2. The van der Waals surface area contributed by atoms with E-state index < -0.39 is 5.92 Å². The molecule has 0 bridgehead atoms. The van der Waals surface area contributed by atoms with Gasteiger partial charge in [-0.15, -0.1) is 0 Å². The number of benzene rings is 2. The Kier molecular flexibility index (Phi) is 4.53. The standard InChI is InChI=1S/C18H16N2/c1-14(17(12-19)13-20)18(15-8-4-2-5-9-15)16-10-6-3-7-11-16/h2-11,14,17-18H,1H3. The average Bonchev–Trinajstić information content (AvgIpc) is 2.51. The third kappa shape index (κ3) is 2.87. The molecule has 0 aromatic heterocycles. The van der Waals surface area contributed by atoms with Crippen LogP contribution in [-0.4, -0.2) is 0 Å². The van der Waals surface area contributed by atoms with Crippen LogP contribution < -0.4 is 0 Å². The minimum absolute atomic E-state index is 0.0571. The van der Waals surface area contributed by atoms with E-state index in [0.29, 0.717) is 0 Å². The maximum atomic E-state index is 9.17. The molecular weight excluding hydrogens is 244 g/mol. The summed E-state index contributed by atoms with van der Waals surface area (Å²) in [4.78, 5) is 0. The summed E-state index contributed by atoms with van der Waals surface area (Å²) in [6.07, 6.45) is 0. The quantitative estimate of drug-likeness (QED) is 0.830. The van der Waals surface area contributed by atoms with Crippen LogP contribution in [0.25, 0.3) is 0 Å². The van der Waals surface area contributed by atoms with Gasteiger partial charge in [0.2, 0.25) is 0 Å². The SMILES string of the molecule is CC(C(C#N)C#N)C(c1ccccc1)c1ccccc1. The van der Waals surface area contributed by atoms with Crippen molar-refractivity contribution in [2.24, 2.45) is 11.8 Å². The largest absolute Gasteiger partial charge is 0.197 e. The molecule has 2 heteroatoms. The molecule has 2 aromatic carbocycles. The first-order valence-electron chi connectivity index (χ1n) is 6.67. The van der Waals surface area contributed by atoms with Crippen LogP contribution in [0.2, 0.25) is 0 Å². The molecule has 2 rings (SSSR count). The second kappa shape index (κ2) is 6.55. The maximum absolute atomic E-state index is 9.17. The van der Waals surface area contributed by atoms with Gasteiger partial charge in [-0.05, 0) is 17.0 Å². The number of nitrogens with zero attached hydrogens (tertiary/aromatic N) is 2. The Morgan fingerprint density at radius 3 is 1.50 bits per heavy atom. The van der Waals surface area contributed by atoms with E-state index in [-0.39, 0.29) is 11.8 Å². The van der Waals surface area contributed by atoms with Gasteiger partial charge in [-0.2, -0.15) is 10.5 Å². The zero-order chi connectivity index (χ0) is 14.4. The average molecular weight is 260 g/mol. The molecule has 0 N–H and O–H groups in total. The molecule has 0 heterocycles. The van der Waals surface area contributed by atoms with Crippen molar-refractivity contribution < 1.29 is 0 Å². The zero-order valence-corrected chi connectivity index (χ0v) is 11.4. The summed E-state index contributed by atoms with van der Waals surface area (Å²) >= 11 is 0. The van der Waals surface area contributed by atoms with E-state index in [0.717, 1.165) is 11.1 Å². The molecule has 0 aliphatic carbocycles. The summed E-state index contributed by atoms with van der Waals surface area (Å²) < 4.78 is 0. The molecule has 0 fully saturated rings. The van der Waals surface area contributed by atoms with Gasteiger partial charge in [0.15, 0.2) is 0 Å². The fourth-order valence-corrected chi connectivity index (χ4v) is 2.58. The summed E-state index contributed by atoms with van der Waals surface area (Å²) in [7, 11) is 0. The van der Waals surface area contributed by atoms with E-state index in [1.54, 1.807) is 0 Å². The Balaban J connectivity index is 2.46. The topological polar surface area (TPSA) is 47.6 Å². The van der Waals surface area contributed by atoms with E-state index in [1.807, 2.05) is 43.3 Å². The van der Waals surface area contributed by atoms with E-state index >= 15 is 0 Å². The fraction of sp³-hybridized carbons (Fsp3) is 0.222. The van der Waals surface area contributed by atoms with Crippen LogP contribution in [0.4, 0.5) is 0 Å². The predicted octanol–water partition coefficient (Wildman–Crippen LogP) is 4.12. The molecule has 0 amide bonds. The van der Waals surface area contributed by atoms with E-state index in [1.165, 1.54) is 0 Å². The van der Waals surface area contributed by atoms with E-state index in [9.17, 15) is 0 Å². The van der Waals surface area contributed by atoms with Crippen molar-refractivity contribution in [3.8, 4) is 12.1 Å². The summed E-state index contributed by atoms with van der Waals surface area (Å²) in [6, 6.07) is 24.4. The lowest BCUT2D eigenvalue weighted by molar-refractivity contribution is 0.457. The van der Waals surface area contributed by atoms with Gasteiger partial charge in [-0.3, -0.25) is 0 Å². The first-order valence-corrected chi connectivity index (χ1v) is 6.67. The van der Waals surface area contributed by atoms with Crippen LogP contribution in [0.1, 0.15) is 24.0 Å². The first kappa shape index (κ1) is 13.8. The molecule has 0 saturated carbocycles. The lowest BCUT2D eigenvalue weighted by Gasteiger charge is -2.25. The minimum Gasteiger partial charge on any atom is -0.197 e. The van der Waals surface area contributed by atoms with Crippen LogP contribution in [0.15, 0.2) is 60.7 Å². The summed E-state index contributed by atoms with van der Waals surface area (Å²) in [5.41, 5.74) is 2.28. The van der Waals surface area contributed by atoms with Gasteiger partial charge in [0.25, 0.3) is 0 Å². The number of hydrogen-bond donors (Lipinski definition) is 0. The van der Waals surface area contributed by atoms with Crippen molar-refractivity contribution in [2.75, 3.05) is 0 Å². The molecule has 0 saturated heterocycles. The van der Waals surface area contributed by atoms with Gasteiger partial charge in [-0.1, -0.05) is 67.6 Å². The van der Waals surface area contributed by atoms with Crippen LogP contribution in [0, 0.1) is 34.5 Å². The predicted molar refractivity (Wildman–Crippen MR) is 78.6 cm³/mol. The highest BCUT2D eigenvalue weighted by molar-refractivity contribution is 5.34. The molecule has 2 nitrogen and oxygen atoms in total. The highest BCUT2D eigenvalue weighted by atomic mass is 14.4. The van der Waals surface area contributed by atoms with Crippen molar-refractivity contribution in [2.45, 2.75) is 12.8 Å². The second-order valence-corrected chi connectivity index (χ2v) is 4.89. The zero-order valence-electron chi connectivity index (χ0n) is 11.4. The molecule has 98 valence electrons. The summed E-state index contributed by atoms with van der Waals surface area (Å²) in [5, 5.41) is 18.3. The van der Waals surface area contributed by atoms with Gasteiger partial charge in [0.1, 0.15) is 5.92 Å². The van der Waals surface area contributed by atoms with Crippen LogP contribution in [0.5, 0.6) is 0 Å². The van der Waals surface area contributed by atoms with Crippen molar-refractivity contribution >= 4 is 0 Å². The van der Waals surface area contributed by atoms with Gasteiger partial charge < -0.3 is 0 Å². The van der Waals surface area contributed by atoms with Crippen molar-refractivity contribution in [3.05, 3.63) is 71.8 Å². The van der Waals surface area contributed by atoms with Crippen LogP contribution >= 0.6 is 0 Å². The number of rotatable bonds is 4. The Morgan fingerprint density at radius 1 is 0.750 bits per heavy atom. The molecule has 0 spiro atoms. The fourth-order valence-electron chi connectivity index (χ4n) is 2.58. The normalized spacial score (nSPS) is 11.8. The molecule has 0 aliphatic heterocycles. The molecule has 20 heavy (non-hydrogen) atoms. The number of hydrogen-bond acceptors (Lipinski definition) is 2. The summed E-state index contributed by atoms with van der Waals surface area (Å²) in [5.74, 6) is -0.614. The summed E-state index contributed by atoms with van der Waals surface area (Å²) in [6.45, 7) is 1.97. The van der Waals surface area contributed by atoms with E-state index in [4.69, 9.17) is 10.5 Å². The smallest absolute Gasteiger partial charge is 0.136 e. The molecule has 1 atom stereocenters. The highest BCUT2D eigenvalue weighted by Crippen LogP contribution is 2.35. The van der Waals surface area contributed by atoms with Gasteiger partial charge in [0.05, 0.1) is 12.1 Å². The van der Waals surface area contributed by atoms with Gasteiger partial charge in [0, 0.05) is 5.92 Å². The third-order valence-electron chi connectivity index (χ3n) is 3.65. The molecule has 1 unspecified atom stereocenters. The lowest BCUT2D eigenvalue weighted by atomic mass is 9.76. The second-order valence-electron chi connectivity index (χ2n) is 4.89. The van der Waals surface area contributed by atoms with Crippen molar-refractivity contribution in [1.29, 1.82) is 10.5 Å². The minimum atomic E-state index is -0.611. The Hall–Kier alpha value is -2.58. The Labute approximate surface area is 119 Å².